The summed E-state index contributed by atoms with van der Waals surface area (Å²) in [6.07, 6.45) is 0. The van der Waals surface area contributed by atoms with Crippen molar-refractivity contribution in [1.29, 1.82) is 0 Å². The Bertz CT molecular complexity index is 2230. The molecule has 0 N–H and O–H groups in total. The first kappa shape index (κ1) is 227. The molecule has 0 aromatic carbocycles. The van der Waals surface area contributed by atoms with Crippen LogP contribution in [0.15, 0.2) is 0 Å². The molecule has 0 heterocycles. The Morgan fingerprint density at radius 1 is 0.114 bits per heavy atom. The molecule has 0 aliphatic rings. The van der Waals surface area contributed by atoms with E-state index in [0.717, 1.165) is 0 Å². The number of aliphatic carboxylic acids is 18. The van der Waals surface area contributed by atoms with E-state index in [2.05, 4.69) is 0 Å². The van der Waals surface area contributed by atoms with E-state index in [9.17, 15) is 0 Å². The smallest absolute Gasteiger partial charge is 0.822 e. The van der Waals surface area contributed by atoms with Gasteiger partial charge in [0.2, 0.25) is 0 Å². The molecule has 5 radical (unpaired) electrons. The number of carboxylic acid groups (broad SMARTS) is 18. The molecule has 0 spiro atoms. The third kappa shape index (κ3) is 833. The van der Waals surface area contributed by atoms with E-state index in [1.807, 2.05) is 0 Å². The second kappa shape index (κ2) is 132. The Morgan fingerprint density at radius 2 is 0.123 bits per heavy atom. The van der Waals surface area contributed by atoms with Crippen molar-refractivity contribution in [1.82, 2.24) is 0 Å². The van der Waals surface area contributed by atoms with Gasteiger partial charge in [0.1, 0.15) is 0 Å². The molecule has 0 rings (SSSR count). The molecule has 0 bridgehead atoms. The average Bonchev–Trinajstić information content (AvgIpc) is 3.22. The van der Waals surface area contributed by atoms with Crippen molar-refractivity contribution in [3.63, 3.8) is 0 Å². The quantitative estimate of drug-likeness (QED) is 0.160. The largest absolute Gasteiger partial charge is 3.00 e. The van der Waals surface area contributed by atoms with Crippen molar-refractivity contribution in [2.45, 2.75) is 0 Å². The predicted octanol–water partition coefficient (Wildman–Crippen LogP) is -57.0. The molecule has 96 heteroatoms. The number of hydrogen-bond acceptors (Lipinski definition) is 72. The third-order valence-corrected chi connectivity index (χ3v) is 1.50. The van der Waals surface area contributed by atoms with Crippen LogP contribution >= 0.6 is 70.4 Å². The third-order valence-electron chi connectivity index (χ3n) is 1.50. The molecule has 0 aliphatic heterocycles. The number of phosphoric acid groups is 9. The van der Waals surface area contributed by atoms with Gasteiger partial charge in [0, 0.05) is 0 Å². The van der Waals surface area contributed by atoms with Gasteiger partial charge in [-0.3, -0.25) is 0 Å². The first-order valence-electron chi connectivity index (χ1n) is 16.2. The van der Waals surface area contributed by atoms with Crippen molar-refractivity contribution in [3.05, 3.63) is 0 Å². The first-order chi connectivity index (χ1) is 41.8. The van der Waals surface area contributed by atoms with Gasteiger partial charge < -0.3 is 351 Å². The Hall–Kier alpha value is 10.7. The second-order valence-corrected chi connectivity index (χ2v) is 17.2. The van der Waals surface area contributed by atoms with E-state index < -0.39 is 178 Å². The van der Waals surface area contributed by atoms with Crippen LogP contribution in [0.1, 0.15) is 0 Å². The summed E-state index contributed by atoms with van der Waals surface area (Å²) >= 11 is 0. The topological polar surface area (TPSA) is 1500 Å². The van der Waals surface area contributed by atoms with Crippen LogP contribution in [-0.2, 0) is 127 Å². The molecule has 72 nitrogen and oxygen atoms in total. The van der Waals surface area contributed by atoms with E-state index in [-0.39, 0.29) is 580 Å². The maximum Gasteiger partial charge on any atom is 3.00 e. The second-order valence-electron chi connectivity index (χ2n) is 9.20. The molecule has 0 aromatic heterocycles. The van der Waals surface area contributed by atoms with E-state index >= 15 is 0 Å². The minimum Gasteiger partial charge on any atom is -0.822 e. The van der Waals surface area contributed by atoms with Crippen LogP contribution in [-0.4, -0.2) is 107 Å². The van der Waals surface area contributed by atoms with Crippen LogP contribution in [0.2, 0.25) is 0 Å². The molecular formula is C18Ce5La5O72P9Tb5. The van der Waals surface area contributed by atoms with Gasteiger partial charge in [0.15, 0.2) is 0 Å². The van der Waals surface area contributed by atoms with Gasteiger partial charge in [0.25, 0.3) is 0 Å². The monoisotopic (exact) mass is 3840 g/mol. The van der Waals surface area contributed by atoms with Crippen molar-refractivity contribution >= 4 is 178 Å². The van der Waals surface area contributed by atoms with Crippen LogP contribution in [0.4, 0.5) is 0 Å². The number of carboxylic acids is 18. The van der Waals surface area contributed by atoms with Crippen LogP contribution in [0.3, 0.4) is 0 Å². The minimum absolute atomic E-state index is 0. The number of hydrogen-bond donors (Lipinski definition) is 0. The number of carbonyl (C=O) groups excluding carboxylic acids is 18. The zero-order valence-corrected chi connectivity index (χ0v) is 102. The van der Waals surface area contributed by atoms with Gasteiger partial charge in [-0.05, 0) is 0 Å². The van der Waals surface area contributed by atoms with E-state index in [1.54, 1.807) is 0 Å². The fourth-order valence-corrected chi connectivity index (χ4v) is 0. The zero-order chi connectivity index (χ0) is 86.9. The summed E-state index contributed by atoms with van der Waals surface area (Å²) in [6, 6.07) is 0. The summed E-state index contributed by atoms with van der Waals surface area (Å²) in [5.41, 5.74) is 0. The summed E-state index contributed by atoms with van der Waals surface area (Å²) < 4.78 is 76.9. The minimum atomic E-state index is -5.39. The summed E-state index contributed by atoms with van der Waals surface area (Å²) in [7, 11) is -48.5. The average molecular weight is 3840 g/mol. The van der Waals surface area contributed by atoms with Gasteiger partial charge in [-0.15, -0.1) is 0 Å². The van der Waals surface area contributed by atoms with Crippen LogP contribution in [0.25, 0.3) is 0 Å². The molecule has 0 amide bonds. The zero-order valence-electron chi connectivity index (χ0n) is 49.5. The molecule has 0 unspecified atom stereocenters. The maximum absolute atomic E-state index is 8.93. The van der Waals surface area contributed by atoms with Crippen LogP contribution in [0.5, 0.6) is 0 Å². The van der Waals surface area contributed by atoms with Gasteiger partial charge in [-0.2, -0.15) is 70.4 Å². The molecule has 114 heavy (non-hydrogen) atoms. The molecule has 0 aliphatic carbocycles. The Balaban J connectivity index is -0.0000000195. The van der Waals surface area contributed by atoms with E-state index in [0.29, 0.717) is 0 Å². The summed E-state index contributed by atoms with van der Waals surface area (Å²) in [5, 5.41) is 161. The summed E-state index contributed by atoms with van der Waals surface area (Å²) in [5.74, 6) is -39.3. The fourth-order valence-electron chi connectivity index (χ4n) is 0. The normalized spacial score (nSPS) is 8.13. The Labute approximate surface area is 1080 Å². The predicted molar refractivity (Wildman–Crippen MR) is 159 cm³/mol. The molecule has 629 valence electrons. The number of carbonyl (C=O) groups is 18. The SMILES string of the molecule is O=C([O-])C(=O)[O-].O=C([O-])C(=O)[O-].O=C([O-])C(=O)[O-].O=C([O-])C(=O)[O-].O=C([O-])C(=O)[O-].O=C([O-])C(=O)[O-].O=C([O-])C(=O)[O-].O=C([O-])C(=O)[O-].O=C([O-])C(=O)[O-].O=P([O-])([O-])[O-].O=P([O-])([O-])[O-].O=P([O-])([O-])[O-].O=P([O-])([O-])[O-].O=P([O-])([O-])[O-].O=P([O-])([O-])[O-].O=P([O-])([O-])[O-].O=P([O-])([O-])[O-].O=P([O-])([O-])[O-].[Ce+3].[Ce+3].[Ce+3].[Ce+3].[Ce+3].[La+3].[La+3].[La+3].[La+3].[La+3].[Tb+3].[Tb+3].[Tb+3].[Tb+3].[Tb+3]. The Kier molecular flexibility index (Phi) is 263. The standard InChI is InChI=1S/9C2H2O4.5Ce.5La.9H3O4P.5Tb/c9*3-1(4)2(5)6;;;;;;;;;;;9*1-5(2,3)4;;;;;/h9*(H,3,4)(H,5,6);;;;;;;;;;;9*(H3,1,2,3,4);;;;;/q;;;;;;;;;10*+3;;;;;;;;;;5*+3/p-45. The van der Waals surface area contributed by atoms with Crippen LogP contribution < -0.4 is 224 Å². The molecule has 0 aromatic rings. The first-order valence-corrected chi connectivity index (χ1v) is 29.3. The fraction of sp³-hybridized carbons (Fsp3) is 0. The van der Waals surface area contributed by atoms with Crippen LogP contribution in [0, 0.1) is 580 Å². The van der Waals surface area contributed by atoms with E-state index in [1.165, 1.54) is 0 Å². The van der Waals surface area contributed by atoms with Gasteiger partial charge in [0.05, 0.1) is 107 Å². The van der Waals surface area contributed by atoms with Crippen molar-refractivity contribution in [3.8, 4) is 0 Å². The molecular weight excluding hydrogens is 3840 g/mol. The van der Waals surface area contributed by atoms with Gasteiger partial charge >= 0.3 is 580 Å². The van der Waals surface area contributed by atoms with Gasteiger partial charge in [-0.1, -0.05) is 0 Å². The summed E-state index contributed by atoms with van der Waals surface area (Å²) in [6.45, 7) is 0. The maximum atomic E-state index is 8.93. The molecule has 0 atom stereocenters. The van der Waals surface area contributed by atoms with Crippen molar-refractivity contribution in [2.75, 3.05) is 0 Å². The molecule has 0 fully saturated rings. The van der Waals surface area contributed by atoms with Crippen molar-refractivity contribution < 1.29 is 931 Å². The number of rotatable bonds is 0. The molecule has 0 saturated carbocycles. The summed E-state index contributed by atoms with van der Waals surface area (Å²) in [4.78, 5) is 391. The van der Waals surface area contributed by atoms with E-state index in [4.69, 9.17) is 351 Å². The molecule has 0 saturated heterocycles. The van der Waals surface area contributed by atoms with Gasteiger partial charge in [-0.25, -0.2) is 0 Å². The Morgan fingerprint density at radius 3 is 0.123 bits per heavy atom. The van der Waals surface area contributed by atoms with Crippen molar-refractivity contribution in [2.24, 2.45) is 0 Å².